The zero-order chi connectivity index (χ0) is 21.8. The molecule has 4 rings (SSSR count). The summed E-state index contributed by atoms with van der Waals surface area (Å²) in [5.41, 5.74) is 6.77. The SMILES string of the molecule is C=C/C=C(\C=C)C(c1ccccc1)N1CC(N2CCc3cc(NC(C)C)ccc3C2)C1. The third-order valence-corrected chi connectivity index (χ3v) is 6.45. The summed E-state index contributed by atoms with van der Waals surface area (Å²) < 4.78 is 0. The third-order valence-electron chi connectivity index (χ3n) is 6.45. The molecule has 0 radical (unpaired) electrons. The molecule has 2 aromatic carbocycles. The highest BCUT2D eigenvalue weighted by Gasteiger charge is 2.38. The van der Waals surface area contributed by atoms with E-state index in [1.54, 1.807) is 0 Å². The summed E-state index contributed by atoms with van der Waals surface area (Å²) in [5, 5.41) is 3.53. The minimum Gasteiger partial charge on any atom is -0.383 e. The summed E-state index contributed by atoms with van der Waals surface area (Å²) in [4.78, 5) is 5.24. The zero-order valence-corrected chi connectivity index (χ0v) is 18.9. The number of allylic oxidation sites excluding steroid dienone is 2. The van der Waals surface area contributed by atoms with Crippen molar-refractivity contribution in [1.29, 1.82) is 0 Å². The molecule has 1 saturated heterocycles. The minimum atomic E-state index is 0.245. The second-order valence-electron chi connectivity index (χ2n) is 9.03. The molecule has 0 aromatic heterocycles. The van der Waals surface area contributed by atoms with Crippen LogP contribution in [0.5, 0.6) is 0 Å². The molecular formula is C28H35N3. The van der Waals surface area contributed by atoms with Gasteiger partial charge in [-0.05, 0) is 54.7 Å². The molecule has 162 valence electrons. The predicted octanol–water partition coefficient (Wildman–Crippen LogP) is 5.59. The van der Waals surface area contributed by atoms with Crippen LogP contribution in [-0.4, -0.2) is 41.5 Å². The van der Waals surface area contributed by atoms with Gasteiger partial charge >= 0.3 is 0 Å². The molecule has 1 fully saturated rings. The molecule has 31 heavy (non-hydrogen) atoms. The Bertz CT molecular complexity index is 938. The van der Waals surface area contributed by atoms with Gasteiger partial charge in [-0.25, -0.2) is 0 Å². The standard InChI is InChI=1S/C28H35N3/c1-5-10-22(6-2)28(23-11-8-7-9-12-23)31-19-27(20-31)30-16-15-24-17-26(29-21(3)4)14-13-25(24)18-30/h5-14,17,21,27-29H,1-2,15-16,18-20H2,3-4H3/b22-10+. The maximum atomic E-state index is 4.07. The largest absolute Gasteiger partial charge is 0.383 e. The van der Waals surface area contributed by atoms with Crippen molar-refractivity contribution in [2.75, 3.05) is 25.0 Å². The fourth-order valence-electron chi connectivity index (χ4n) is 4.90. The van der Waals surface area contributed by atoms with Gasteiger partial charge in [0.15, 0.2) is 0 Å². The molecule has 1 unspecified atom stereocenters. The van der Waals surface area contributed by atoms with Gasteiger partial charge in [0.25, 0.3) is 0 Å². The Morgan fingerprint density at radius 2 is 1.84 bits per heavy atom. The van der Waals surface area contributed by atoms with E-state index in [4.69, 9.17) is 0 Å². The van der Waals surface area contributed by atoms with E-state index in [9.17, 15) is 0 Å². The summed E-state index contributed by atoms with van der Waals surface area (Å²) in [6.07, 6.45) is 7.08. The first kappa shape index (κ1) is 21.6. The number of benzene rings is 2. The number of rotatable bonds is 8. The lowest BCUT2D eigenvalue weighted by molar-refractivity contribution is 0.00713. The molecule has 3 nitrogen and oxygen atoms in total. The Hall–Kier alpha value is -2.62. The van der Waals surface area contributed by atoms with Gasteiger partial charge in [-0.15, -0.1) is 0 Å². The lowest BCUT2D eigenvalue weighted by Gasteiger charge is -2.50. The number of nitrogens with one attached hydrogen (secondary N) is 1. The Balaban J connectivity index is 1.43. The van der Waals surface area contributed by atoms with Gasteiger partial charge in [0.2, 0.25) is 0 Å². The summed E-state index contributed by atoms with van der Waals surface area (Å²) >= 11 is 0. The van der Waals surface area contributed by atoms with Crippen molar-refractivity contribution < 1.29 is 0 Å². The Morgan fingerprint density at radius 1 is 1.06 bits per heavy atom. The predicted molar refractivity (Wildman–Crippen MR) is 132 cm³/mol. The van der Waals surface area contributed by atoms with Crippen molar-refractivity contribution in [1.82, 2.24) is 9.80 Å². The van der Waals surface area contributed by atoms with Crippen molar-refractivity contribution in [2.24, 2.45) is 0 Å². The minimum absolute atomic E-state index is 0.245. The van der Waals surface area contributed by atoms with Crippen molar-refractivity contribution in [2.45, 2.75) is 44.9 Å². The zero-order valence-electron chi connectivity index (χ0n) is 18.9. The van der Waals surface area contributed by atoms with E-state index in [1.165, 1.54) is 28.0 Å². The van der Waals surface area contributed by atoms with E-state index < -0.39 is 0 Å². The monoisotopic (exact) mass is 413 g/mol. The van der Waals surface area contributed by atoms with E-state index in [0.717, 1.165) is 32.6 Å². The smallest absolute Gasteiger partial charge is 0.0602 e. The number of hydrogen-bond acceptors (Lipinski definition) is 3. The average Bonchev–Trinajstić information content (AvgIpc) is 2.74. The fraction of sp³-hybridized carbons (Fsp3) is 0.357. The number of hydrogen-bond donors (Lipinski definition) is 1. The van der Waals surface area contributed by atoms with E-state index in [-0.39, 0.29) is 6.04 Å². The van der Waals surface area contributed by atoms with E-state index in [1.807, 2.05) is 12.2 Å². The van der Waals surface area contributed by atoms with Gasteiger partial charge in [-0.2, -0.15) is 0 Å². The van der Waals surface area contributed by atoms with E-state index in [0.29, 0.717) is 12.1 Å². The van der Waals surface area contributed by atoms with Crippen LogP contribution in [0.4, 0.5) is 5.69 Å². The van der Waals surface area contributed by atoms with E-state index >= 15 is 0 Å². The van der Waals surface area contributed by atoms with Crippen LogP contribution in [0, 0.1) is 0 Å². The molecule has 2 aliphatic heterocycles. The maximum Gasteiger partial charge on any atom is 0.0602 e. The van der Waals surface area contributed by atoms with Crippen LogP contribution >= 0.6 is 0 Å². The molecule has 2 heterocycles. The molecule has 0 bridgehead atoms. The summed E-state index contributed by atoms with van der Waals surface area (Å²) in [6.45, 7) is 16.7. The van der Waals surface area contributed by atoms with Gasteiger partial charge in [0.1, 0.15) is 0 Å². The first-order valence-corrected chi connectivity index (χ1v) is 11.5. The Labute approximate surface area is 187 Å². The summed E-state index contributed by atoms with van der Waals surface area (Å²) in [6, 6.07) is 19.0. The normalized spacial score (nSPS) is 18.9. The first-order chi connectivity index (χ1) is 15.1. The lowest BCUT2D eigenvalue weighted by atomic mass is 9.90. The van der Waals surface area contributed by atoms with Gasteiger partial charge in [-0.1, -0.05) is 67.8 Å². The Kier molecular flexibility index (Phi) is 6.74. The molecule has 0 spiro atoms. The van der Waals surface area contributed by atoms with Gasteiger partial charge in [0.05, 0.1) is 6.04 Å². The molecule has 0 aliphatic carbocycles. The molecule has 0 saturated carbocycles. The highest BCUT2D eigenvalue weighted by atomic mass is 15.3. The van der Waals surface area contributed by atoms with Crippen LogP contribution in [-0.2, 0) is 13.0 Å². The Morgan fingerprint density at radius 3 is 2.52 bits per heavy atom. The highest BCUT2D eigenvalue weighted by Crippen LogP contribution is 2.35. The van der Waals surface area contributed by atoms with E-state index in [2.05, 4.69) is 96.7 Å². The second-order valence-corrected chi connectivity index (χ2v) is 9.03. The van der Waals surface area contributed by atoms with Crippen LogP contribution in [0.2, 0.25) is 0 Å². The molecule has 2 aliphatic rings. The van der Waals surface area contributed by atoms with Crippen LogP contribution < -0.4 is 5.32 Å². The van der Waals surface area contributed by atoms with Gasteiger partial charge < -0.3 is 5.32 Å². The number of fused-ring (bicyclic) bond motifs is 1. The highest BCUT2D eigenvalue weighted by molar-refractivity contribution is 5.50. The molecular weight excluding hydrogens is 378 g/mol. The molecule has 1 N–H and O–H groups in total. The third kappa shape index (κ3) is 4.84. The molecule has 3 heteroatoms. The first-order valence-electron chi connectivity index (χ1n) is 11.5. The molecule has 1 atom stereocenters. The van der Waals surface area contributed by atoms with Crippen LogP contribution in [0.1, 0.15) is 36.6 Å². The number of anilines is 1. The van der Waals surface area contributed by atoms with Crippen molar-refractivity contribution in [3.8, 4) is 0 Å². The maximum absolute atomic E-state index is 4.07. The summed E-state index contributed by atoms with van der Waals surface area (Å²) in [5.74, 6) is 0. The van der Waals surface area contributed by atoms with Crippen LogP contribution in [0.15, 0.2) is 85.5 Å². The van der Waals surface area contributed by atoms with Crippen molar-refractivity contribution in [3.05, 3.63) is 102 Å². The number of nitrogens with zero attached hydrogens (tertiary/aromatic N) is 2. The summed E-state index contributed by atoms with van der Waals surface area (Å²) in [7, 11) is 0. The lowest BCUT2D eigenvalue weighted by Crippen LogP contribution is -2.60. The average molecular weight is 414 g/mol. The van der Waals surface area contributed by atoms with Gasteiger partial charge in [0, 0.05) is 44.0 Å². The topological polar surface area (TPSA) is 18.5 Å². The molecule has 0 amide bonds. The van der Waals surface area contributed by atoms with Crippen molar-refractivity contribution >= 4 is 5.69 Å². The number of likely N-dealkylation sites (tertiary alicyclic amines) is 1. The van der Waals surface area contributed by atoms with Gasteiger partial charge in [-0.3, -0.25) is 9.80 Å². The van der Waals surface area contributed by atoms with Crippen LogP contribution in [0.3, 0.4) is 0 Å². The quantitative estimate of drug-likeness (QED) is 0.569. The second kappa shape index (κ2) is 9.67. The fourth-order valence-corrected chi connectivity index (χ4v) is 4.90. The molecule has 2 aromatic rings. The van der Waals surface area contributed by atoms with Crippen molar-refractivity contribution in [3.63, 3.8) is 0 Å². The van der Waals surface area contributed by atoms with Crippen LogP contribution in [0.25, 0.3) is 0 Å².